The Hall–Kier alpha value is -3.85. The van der Waals surface area contributed by atoms with Crippen molar-refractivity contribution in [2.75, 3.05) is 0 Å². The molecule has 5 rings (SSSR count). The molecule has 0 aromatic heterocycles. The Labute approximate surface area is 326 Å². The zero-order chi connectivity index (χ0) is 39.5. The summed E-state index contributed by atoms with van der Waals surface area (Å²) >= 11 is 0. The number of sulfonamides is 1. The molecule has 2 unspecified atom stereocenters. The molecular weight excluding hydrogens is 703 g/mol. The Morgan fingerprint density at radius 3 is 1.30 bits per heavy atom. The molecule has 5 aromatic rings. The summed E-state index contributed by atoms with van der Waals surface area (Å²) < 4.78 is 41.7. The third-order valence-corrected chi connectivity index (χ3v) is 17.5. The van der Waals surface area contributed by atoms with Gasteiger partial charge in [0.15, 0.2) is 0 Å². The Kier molecular flexibility index (Phi) is 12.6. The number of hydrogen-bond donors (Lipinski definition) is 2. The monoisotopic (exact) mass is 761 g/mol. The quantitative estimate of drug-likeness (QED) is 0.111. The molecule has 0 saturated carbocycles. The first kappa shape index (κ1) is 41.3. The molecule has 0 amide bonds. The van der Waals surface area contributed by atoms with Crippen LogP contribution < -0.4 is 15.1 Å². The van der Waals surface area contributed by atoms with Crippen LogP contribution in [0.4, 0.5) is 0 Å². The van der Waals surface area contributed by atoms with E-state index in [0.29, 0.717) is 11.1 Å². The van der Waals surface area contributed by atoms with Crippen LogP contribution in [0, 0.1) is 0 Å². The van der Waals surface area contributed by atoms with Gasteiger partial charge in [-0.2, -0.15) is 0 Å². The normalized spacial score (nSPS) is 14.1. The molecule has 0 aliphatic rings. The van der Waals surface area contributed by atoms with Crippen molar-refractivity contribution in [3.8, 4) is 0 Å². The van der Waals surface area contributed by atoms with E-state index in [9.17, 15) is 5.11 Å². The lowest BCUT2D eigenvalue weighted by Gasteiger charge is -2.48. The second kappa shape index (κ2) is 16.5. The maximum atomic E-state index is 15.4. The molecule has 2 atom stereocenters. The van der Waals surface area contributed by atoms with Crippen LogP contribution in [0.2, 0.25) is 5.04 Å². The van der Waals surface area contributed by atoms with Gasteiger partial charge >= 0.3 is 0 Å². The van der Waals surface area contributed by atoms with E-state index in [4.69, 9.17) is 4.43 Å². The van der Waals surface area contributed by atoms with E-state index >= 15 is 8.42 Å². The van der Waals surface area contributed by atoms with Crippen molar-refractivity contribution in [2.45, 2.75) is 115 Å². The Morgan fingerprint density at radius 1 is 0.593 bits per heavy atom. The molecule has 0 fully saturated rings. The van der Waals surface area contributed by atoms with Crippen molar-refractivity contribution < 1.29 is 18.0 Å². The average Bonchev–Trinajstić information content (AvgIpc) is 3.15. The van der Waals surface area contributed by atoms with E-state index in [1.54, 1.807) is 0 Å². The zero-order valence-corrected chi connectivity index (χ0v) is 35.5. The molecule has 2 N–H and O–H groups in total. The summed E-state index contributed by atoms with van der Waals surface area (Å²) in [6.07, 6.45) is -0.837. The molecule has 0 aliphatic heterocycles. The highest BCUT2D eigenvalue weighted by molar-refractivity contribution is 7.89. The second-order valence-electron chi connectivity index (χ2n) is 16.6. The lowest BCUT2D eigenvalue weighted by Crippen LogP contribution is -2.70. The maximum absolute atomic E-state index is 15.4. The Morgan fingerprint density at radius 2 is 0.963 bits per heavy atom. The molecule has 0 radical (unpaired) electrons. The predicted octanol–water partition coefficient (Wildman–Crippen LogP) is 9.60. The Balaban J connectivity index is 1.83. The van der Waals surface area contributed by atoms with E-state index in [0.717, 1.165) is 27.1 Å². The average molecular weight is 762 g/mol. The SMILES string of the molecule is CC(C)c1cc(C(C)C)c(S(=O)(=O)NC(C(C)O[Si](c2ccccc2)(c2ccccc2)C(C)(C)C)C(O)(c2ccccc2)c2ccccc2)c(C(C)C)c1. The zero-order valence-electron chi connectivity index (χ0n) is 33.7. The number of benzene rings is 5. The summed E-state index contributed by atoms with van der Waals surface area (Å²) in [5, 5.41) is 15.2. The van der Waals surface area contributed by atoms with Gasteiger partial charge in [-0.3, -0.25) is 0 Å². The fourth-order valence-electron chi connectivity index (χ4n) is 7.90. The highest BCUT2D eigenvalue weighted by Gasteiger charge is 2.54. The Bertz CT molecular complexity index is 1970. The molecule has 0 spiro atoms. The smallest absolute Gasteiger partial charge is 0.261 e. The maximum Gasteiger partial charge on any atom is 0.261 e. The standard InChI is InChI=1S/C47H59NO4SSi/c1-33(2)37-31-42(34(3)4)44(43(32-37)35(5)6)53(50,51)48-45(47(49,38-23-15-11-16-24-38)39-25-17-12-18-26-39)36(7)52-54(46(8,9)10,40-27-19-13-20-28-40)41-29-21-14-22-30-41/h11-36,45,48-49H,1-10H3. The molecule has 5 aromatic carbocycles. The summed E-state index contributed by atoms with van der Waals surface area (Å²) in [5.74, 6) is 0.0804. The molecule has 5 nitrogen and oxygen atoms in total. The number of aliphatic hydroxyl groups is 1. The summed E-state index contributed by atoms with van der Waals surface area (Å²) in [7, 11) is -7.53. The second-order valence-corrected chi connectivity index (χ2v) is 22.5. The van der Waals surface area contributed by atoms with E-state index in [-0.39, 0.29) is 22.6 Å². The summed E-state index contributed by atoms with van der Waals surface area (Å²) in [6, 6.07) is 42.3. The van der Waals surface area contributed by atoms with Gasteiger partial charge in [0.05, 0.1) is 17.0 Å². The minimum atomic E-state index is -4.29. The van der Waals surface area contributed by atoms with E-state index in [1.165, 1.54) is 0 Å². The third-order valence-electron chi connectivity index (χ3n) is 10.8. The molecule has 0 heterocycles. The fraction of sp³-hybridized carbons (Fsp3) is 0.362. The van der Waals surface area contributed by atoms with Crippen LogP contribution in [0.3, 0.4) is 0 Å². The van der Waals surface area contributed by atoms with Crippen LogP contribution in [0.25, 0.3) is 0 Å². The summed E-state index contributed by atoms with van der Waals surface area (Å²) in [6.45, 7) is 20.9. The van der Waals surface area contributed by atoms with Gasteiger partial charge in [-0.25, -0.2) is 13.1 Å². The first-order valence-corrected chi connectivity index (χ1v) is 22.7. The molecule has 0 aliphatic carbocycles. The topological polar surface area (TPSA) is 75.6 Å². The van der Waals surface area contributed by atoms with Crippen LogP contribution in [0.15, 0.2) is 138 Å². The fourth-order valence-corrected chi connectivity index (χ4v) is 14.6. The van der Waals surface area contributed by atoms with Gasteiger partial charge < -0.3 is 9.53 Å². The summed E-state index contributed by atoms with van der Waals surface area (Å²) in [4.78, 5) is 0.281. The van der Waals surface area contributed by atoms with Crippen LogP contribution in [-0.4, -0.2) is 34.0 Å². The van der Waals surface area contributed by atoms with Crippen LogP contribution in [-0.2, 0) is 20.1 Å². The molecule has 0 saturated heterocycles. The first-order chi connectivity index (χ1) is 25.4. The highest BCUT2D eigenvalue weighted by atomic mass is 32.2. The van der Waals surface area contributed by atoms with Gasteiger partial charge in [0.1, 0.15) is 5.60 Å². The minimum absolute atomic E-state index is 0.0702. The van der Waals surface area contributed by atoms with Crippen molar-refractivity contribution in [2.24, 2.45) is 0 Å². The van der Waals surface area contributed by atoms with Crippen molar-refractivity contribution in [3.05, 3.63) is 161 Å². The number of nitrogens with one attached hydrogen (secondary N) is 1. The van der Waals surface area contributed by atoms with E-state index < -0.39 is 41.1 Å². The highest BCUT2D eigenvalue weighted by Crippen LogP contribution is 2.42. The lowest BCUT2D eigenvalue weighted by atomic mass is 9.78. The van der Waals surface area contributed by atoms with Crippen molar-refractivity contribution in [3.63, 3.8) is 0 Å². The van der Waals surface area contributed by atoms with Crippen LogP contribution in [0.1, 0.15) is 115 Å². The largest absolute Gasteiger partial charge is 0.403 e. The molecule has 54 heavy (non-hydrogen) atoms. The lowest BCUT2D eigenvalue weighted by molar-refractivity contribution is -0.00163. The van der Waals surface area contributed by atoms with Crippen LogP contribution >= 0.6 is 0 Å². The number of hydrogen-bond acceptors (Lipinski definition) is 4. The molecule has 0 bridgehead atoms. The van der Waals surface area contributed by atoms with Gasteiger partial charge in [0.25, 0.3) is 8.32 Å². The molecule has 7 heteroatoms. The predicted molar refractivity (Wildman–Crippen MR) is 227 cm³/mol. The van der Waals surface area contributed by atoms with Crippen molar-refractivity contribution in [1.82, 2.24) is 4.72 Å². The van der Waals surface area contributed by atoms with Gasteiger partial charge in [-0.1, -0.05) is 196 Å². The molecule has 286 valence electrons. The van der Waals surface area contributed by atoms with Crippen LogP contribution in [0.5, 0.6) is 0 Å². The first-order valence-electron chi connectivity index (χ1n) is 19.3. The van der Waals surface area contributed by atoms with Crippen molar-refractivity contribution >= 4 is 28.7 Å². The van der Waals surface area contributed by atoms with Gasteiger partial charge in [0, 0.05) is 0 Å². The number of rotatable bonds is 14. The minimum Gasteiger partial charge on any atom is -0.403 e. The van der Waals surface area contributed by atoms with Gasteiger partial charge in [0.2, 0.25) is 10.0 Å². The van der Waals surface area contributed by atoms with Gasteiger partial charge in [-0.15, -0.1) is 0 Å². The van der Waals surface area contributed by atoms with E-state index in [2.05, 4.69) is 63.6 Å². The van der Waals surface area contributed by atoms with E-state index in [1.807, 2.05) is 144 Å². The third kappa shape index (κ3) is 8.07. The molecular formula is C47H59NO4SSi. The summed E-state index contributed by atoms with van der Waals surface area (Å²) in [5.41, 5.74) is 1.91. The van der Waals surface area contributed by atoms with Crippen molar-refractivity contribution in [1.29, 1.82) is 0 Å². The van der Waals surface area contributed by atoms with Gasteiger partial charge in [-0.05, 0) is 67.9 Å².